The average molecular weight is 547 g/mol. The summed E-state index contributed by atoms with van der Waals surface area (Å²) in [5.41, 5.74) is -0.199. The van der Waals surface area contributed by atoms with E-state index in [9.17, 15) is 19.2 Å². The van der Waals surface area contributed by atoms with Gasteiger partial charge in [-0.05, 0) is 0 Å². The summed E-state index contributed by atoms with van der Waals surface area (Å²) in [5.74, 6) is -3.85. The van der Waals surface area contributed by atoms with Crippen molar-refractivity contribution in [1.29, 1.82) is 0 Å². The Morgan fingerprint density at radius 1 is 0.455 bits per heavy atom. The first-order chi connectivity index (χ1) is 16.0. The number of benzene rings is 4. The Hall–Kier alpha value is -3.92. The van der Waals surface area contributed by atoms with Crippen LogP contribution in [0.25, 0.3) is 21.5 Å². The monoisotopic (exact) mass is 548 g/mol. The molecule has 4 aromatic rings. The van der Waals surface area contributed by atoms with Gasteiger partial charge in [-0.3, -0.25) is 0 Å². The molecule has 0 atom stereocenters. The maximum absolute atomic E-state index is 13.2. The number of fused-ring (bicyclic) bond motifs is 6. The van der Waals surface area contributed by atoms with Crippen molar-refractivity contribution in [2.75, 3.05) is 0 Å². The van der Waals surface area contributed by atoms with Crippen molar-refractivity contribution in [3.8, 4) is 0 Å². The van der Waals surface area contributed by atoms with Crippen LogP contribution in [0, 0.1) is 0 Å². The third-order valence-electron chi connectivity index (χ3n) is 5.58. The van der Waals surface area contributed by atoms with E-state index in [0.717, 1.165) is 0 Å². The van der Waals surface area contributed by atoms with Gasteiger partial charge in [-0.1, -0.05) is 0 Å². The quantitative estimate of drug-likeness (QED) is 0.307. The van der Waals surface area contributed by atoms with Crippen molar-refractivity contribution in [3.63, 3.8) is 0 Å². The molecule has 8 nitrogen and oxygen atoms in total. The third-order valence-corrected chi connectivity index (χ3v) is 10.5. The molecule has 1 spiro atoms. The molecule has 0 bridgehead atoms. The second-order valence-corrected chi connectivity index (χ2v) is 12.7. The number of carbonyl (C=O) groups excluding carboxylic acids is 4. The first kappa shape index (κ1) is 19.7. The molecule has 0 saturated heterocycles. The van der Waals surface area contributed by atoms with Gasteiger partial charge in [-0.2, -0.15) is 0 Å². The summed E-state index contributed by atoms with van der Waals surface area (Å²) in [4.78, 5) is 52.3. The Balaban J connectivity index is 1.49. The molecule has 2 aliphatic heterocycles. The normalized spacial score (nSPS) is 16.7. The fourth-order valence-corrected chi connectivity index (χ4v) is 8.63. The Bertz CT molecular complexity index is 1440. The topological polar surface area (TPSA) is 105 Å². The van der Waals surface area contributed by atoms with Crippen LogP contribution in [-0.2, 0) is 12.3 Å². The Kier molecular flexibility index (Phi) is 4.21. The molecule has 4 aromatic carbocycles. The minimum atomic E-state index is -5.85. The summed E-state index contributed by atoms with van der Waals surface area (Å²) in [6.45, 7) is 0. The van der Waals surface area contributed by atoms with Gasteiger partial charge in [0.05, 0.1) is 0 Å². The van der Waals surface area contributed by atoms with E-state index in [1.54, 1.807) is 60.7 Å². The van der Waals surface area contributed by atoms with Crippen molar-refractivity contribution in [3.05, 3.63) is 95.1 Å². The molecular formula is C24H12O8Sn. The van der Waals surface area contributed by atoms with E-state index >= 15 is 0 Å². The van der Waals surface area contributed by atoms with E-state index in [0.29, 0.717) is 21.5 Å². The average Bonchev–Trinajstić information content (AvgIpc) is 2.98. The predicted molar refractivity (Wildman–Crippen MR) is 115 cm³/mol. The van der Waals surface area contributed by atoms with Crippen LogP contribution in [0.1, 0.15) is 41.4 Å². The van der Waals surface area contributed by atoms with Crippen LogP contribution < -0.4 is 0 Å². The van der Waals surface area contributed by atoms with Crippen molar-refractivity contribution >= 4 is 65.5 Å². The molecule has 0 unspecified atom stereocenters. The van der Waals surface area contributed by atoms with Gasteiger partial charge >= 0.3 is 192 Å². The van der Waals surface area contributed by atoms with Crippen molar-refractivity contribution in [1.82, 2.24) is 0 Å². The van der Waals surface area contributed by atoms with Gasteiger partial charge in [-0.25, -0.2) is 0 Å². The number of carbonyl (C=O) groups is 4. The van der Waals surface area contributed by atoms with Gasteiger partial charge in [-0.15, -0.1) is 0 Å². The van der Waals surface area contributed by atoms with Crippen LogP contribution in [0.15, 0.2) is 72.8 Å². The first-order valence-corrected chi connectivity index (χ1v) is 14.6. The Morgan fingerprint density at radius 2 is 0.848 bits per heavy atom. The summed E-state index contributed by atoms with van der Waals surface area (Å²) in [5, 5.41) is 2.31. The SMILES string of the molecule is O=C1[O][Sn]2([O]C(=O)c3ccc4ccccc4c3C(=O)[O]2)[O]C(=O)c2c1ccc1ccccc21. The van der Waals surface area contributed by atoms with E-state index < -0.39 is 43.9 Å². The van der Waals surface area contributed by atoms with Crippen molar-refractivity contribution in [2.45, 2.75) is 0 Å². The van der Waals surface area contributed by atoms with Gasteiger partial charge in [0.25, 0.3) is 0 Å². The molecule has 0 amide bonds. The van der Waals surface area contributed by atoms with Gasteiger partial charge in [0.2, 0.25) is 0 Å². The van der Waals surface area contributed by atoms with Crippen LogP contribution >= 0.6 is 0 Å². The maximum atomic E-state index is 13.2. The Labute approximate surface area is 191 Å². The molecule has 2 heterocycles. The van der Waals surface area contributed by atoms with E-state index in [2.05, 4.69) is 0 Å². The molecule has 33 heavy (non-hydrogen) atoms. The van der Waals surface area contributed by atoms with Gasteiger partial charge in [0.1, 0.15) is 0 Å². The first-order valence-electron chi connectivity index (χ1n) is 9.93. The zero-order chi connectivity index (χ0) is 22.7. The van der Waals surface area contributed by atoms with Crippen LogP contribution in [0.2, 0.25) is 0 Å². The van der Waals surface area contributed by atoms with Crippen molar-refractivity contribution < 1.29 is 31.5 Å². The molecule has 0 N–H and O–H groups in total. The van der Waals surface area contributed by atoms with E-state index in [4.69, 9.17) is 12.3 Å². The second-order valence-electron chi connectivity index (χ2n) is 7.48. The predicted octanol–water partition coefficient (Wildman–Crippen LogP) is 3.78. The summed E-state index contributed by atoms with van der Waals surface area (Å²) in [6, 6.07) is 20.0. The molecule has 0 aromatic heterocycles. The second kappa shape index (κ2) is 7.04. The molecule has 2 aliphatic rings. The third kappa shape index (κ3) is 2.98. The summed E-state index contributed by atoms with van der Waals surface area (Å²) >= 11 is -5.85. The van der Waals surface area contributed by atoms with Gasteiger partial charge < -0.3 is 0 Å². The number of hydrogen-bond donors (Lipinski definition) is 0. The van der Waals surface area contributed by atoms with E-state index in [-0.39, 0.29) is 22.3 Å². The summed E-state index contributed by atoms with van der Waals surface area (Å²) in [7, 11) is 0. The zero-order valence-electron chi connectivity index (χ0n) is 16.7. The zero-order valence-corrected chi connectivity index (χ0v) is 19.5. The molecule has 0 aliphatic carbocycles. The molecular weight excluding hydrogens is 535 g/mol. The van der Waals surface area contributed by atoms with Crippen molar-refractivity contribution in [2.24, 2.45) is 0 Å². The van der Waals surface area contributed by atoms with Gasteiger partial charge in [0.15, 0.2) is 0 Å². The molecule has 0 saturated carbocycles. The van der Waals surface area contributed by atoms with Gasteiger partial charge in [0, 0.05) is 0 Å². The fourth-order valence-electron chi connectivity index (χ4n) is 4.11. The molecule has 6 rings (SSSR count). The summed E-state index contributed by atoms with van der Waals surface area (Å²) < 4.78 is 21.7. The van der Waals surface area contributed by atoms with Crippen LogP contribution in [0.4, 0.5) is 0 Å². The summed E-state index contributed by atoms with van der Waals surface area (Å²) in [6.07, 6.45) is 0. The fraction of sp³-hybridized carbons (Fsp3) is 0. The number of rotatable bonds is 0. The molecule has 0 radical (unpaired) electrons. The number of hydrogen-bond acceptors (Lipinski definition) is 8. The molecule has 0 fully saturated rings. The minimum absolute atomic E-state index is 0.0361. The standard InChI is InChI=1S/2C12H8O4.Sn/c2*13-11(14)9-6-5-7-3-1-2-4-8(7)10(9)12(15)16;/h2*1-6H,(H,13,14)(H,15,16);/q;;+4/p-4. The van der Waals surface area contributed by atoms with Crippen LogP contribution in [-0.4, -0.2) is 43.9 Å². The van der Waals surface area contributed by atoms with E-state index in [1.165, 1.54) is 12.1 Å². The van der Waals surface area contributed by atoms with Crippen LogP contribution in [0.5, 0.6) is 0 Å². The van der Waals surface area contributed by atoms with Crippen LogP contribution in [0.3, 0.4) is 0 Å². The Morgan fingerprint density at radius 3 is 1.30 bits per heavy atom. The molecule has 9 heteroatoms. The van der Waals surface area contributed by atoms with E-state index in [1.807, 2.05) is 0 Å². The molecule has 160 valence electrons.